The van der Waals surface area contributed by atoms with Crippen LogP contribution < -0.4 is 4.74 Å². The molecule has 2 aromatic carbocycles. The van der Waals surface area contributed by atoms with E-state index in [1.165, 1.54) is 17.0 Å². The Morgan fingerprint density at radius 2 is 2.09 bits per heavy atom. The van der Waals surface area contributed by atoms with E-state index >= 15 is 0 Å². The molecule has 22 heavy (non-hydrogen) atoms. The van der Waals surface area contributed by atoms with Crippen LogP contribution in [0.25, 0.3) is 5.57 Å². The monoisotopic (exact) mass is 311 g/mol. The Morgan fingerprint density at radius 3 is 2.82 bits per heavy atom. The van der Waals surface area contributed by atoms with E-state index < -0.39 is 5.82 Å². The van der Waals surface area contributed by atoms with Crippen LogP contribution in [0.5, 0.6) is 11.5 Å². The van der Waals surface area contributed by atoms with Crippen molar-refractivity contribution in [2.24, 2.45) is 0 Å². The van der Waals surface area contributed by atoms with Gasteiger partial charge in [-0.2, -0.15) is 5.26 Å². The Hall–Kier alpha value is -2.25. The Morgan fingerprint density at radius 1 is 1.27 bits per heavy atom. The Bertz CT molecular complexity index is 807. The number of benzene rings is 2. The van der Waals surface area contributed by atoms with Gasteiger partial charge in [-0.15, -0.1) is 11.8 Å². The predicted octanol–water partition coefficient (Wildman–Crippen LogP) is 5.17. The molecule has 0 aromatic heterocycles. The summed E-state index contributed by atoms with van der Waals surface area (Å²) < 4.78 is 19.4. The molecule has 0 unspecified atom stereocenters. The molecule has 1 aliphatic carbocycles. The molecule has 2 nitrogen and oxygen atoms in total. The van der Waals surface area contributed by atoms with Crippen molar-refractivity contribution in [1.82, 2.24) is 0 Å². The summed E-state index contributed by atoms with van der Waals surface area (Å²) in [6.07, 6.45) is 3.82. The molecule has 0 bridgehead atoms. The number of ether oxygens (including phenoxy) is 1. The third-order valence-corrected chi connectivity index (χ3v) is 4.49. The number of hydrogen-bond donors (Lipinski definition) is 0. The maximum atomic E-state index is 13.5. The maximum absolute atomic E-state index is 13.5. The van der Waals surface area contributed by atoms with Gasteiger partial charge < -0.3 is 4.74 Å². The highest BCUT2D eigenvalue weighted by Crippen LogP contribution is 2.43. The third-order valence-electron chi connectivity index (χ3n) is 3.71. The van der Waals surface area contributed by atoms with Crippen LogP contribution in [0.3, 0.4) is 0 Å². The number of nitriles is 1. The van der Waals surface area contributed by atoms with Crippen molar-refractivity contribution in [3.05, 3.63) is 59.4 Å². The predicted molar refractivity (Wildman–Crippen MR) is 86.8 cm³/mol. The zero-order valence-electron chi connectivity index (χ0n) is 12.1. The summed E-state index contributed by atoms with van der Waals surface area (Å²) in [4.78, 5) is 1.18. The molecular formula is C18H14FNOS. The summed E-state index contributed by atoms with van der Waals surface area (Å²) in [5, 5.41) is 8.92. The lowest BCUT2D eigenvalue weighted by Gasteiger charge is -2.13. The minimum absolute atomic E-state index is 0.247. The van der Waals surface area contributed by atoms with E-state index in [1.807, 2.05) is 24.5 Å². The average Bonchev–Trinajstić information content (AvgIpc) is 2.90. The van der Waals surface area contributed by atoms with Gasteiger partial charge >= 0.3 is 0 Å². The van der Waals surface area contributed by atoms with Gasteiger partial charge in [0.05, 0.1) is 11.6 Å². The van der Waals surface area contributed by atoms with E-state index in [4.69, 9.17) is 10.00 Å². The lowest BCUT2D eigenvalue weighted by atomic mass is 10.1. The van der Waals surface area contributed by atoms with Gasteiger partial charge in [0.15, 0.2) is 0 Å². The van der Waals surface area contributed by atoms with E-state index in [9.17, 15) is 4.39 Å². The number of rotatable bonds is 3. The van der Waals surface area contributed by atoms with Crippen LogP contribution in [0, 0.1) is 17.1 Å². The second-order valence-corrected chi connectivity index (χ2v) is 5.96. The highest BCUT2D eigenvalue weighted by Gasteiger charge is 2.22. The van der Waals surface area contributed by atoms with Crippen molar-refractivity contribution in [3.63, 3.8) is 0 Å². The average molecular weight is 311 g/mol. The number of hydrogen-bond acceptors (Lipinski definition) is 3. The van der Waals surface area contributed by atoms with Crippen LogP contribution in [0.4, 0.5) is 4.39 Å². The Labute approximate surface area is 133 Å². The van der Waals surface area contributed by atoms with Gasteiger partial charge in [-0.25, -0.2) is 4.39 Å². The normalized spacial score (nSPS) is 12.9. The Kier molecular flexibility index (Phi) is 3.91. The van der Waals surface area contributed by atoms with Crippen LogP contribution in [0.1, 0.15) is 23.1 Å². The molecule has 1 aliphatic rings. The third kappa shape index (κ3) is 2.60. The smallest absolute Gasteiger partial charge is 0.131 e. The van der Waals surface area contributed by atoms with Crippen LogP contribution in [-0.2, 0) is 6.42 Å². The molecule has 0 radical (unpaired) electrons. The summed E-state index contributed by atoms with van der Waals surface area (Å²) in [7, 11) is 0. The molecule has 0 fully saturated rings. The first kappa shape index (κ1) is 14.7. The molecule has 0 saturated heterocycles. The Balaban J connectivity index is 2.03. The lowest BCUT2D eigenvalue weighted by Crippen LogP contribution is -1.94. The SMILES string of the molecule is C=C1CCc2c(Oc3cc(F)cc(C#N)c3)ccc(SC)c21. The minimum Gasteiger partial charge on any atom is -0.457 e. The molecule has 0 N–H and O–H groups in total. The number of nitrogens with zero attached hydrogens (tertiary/aromatic N) is 1. The second kappa shape index (κ2) is 5.86. The molecule has 0 spiro atoms. The summed E-state index contributed by atoms with van der Waals surface area (Å²) in [5.74, 6) is 0.574. The summed E-state index contributed by atoms with van der Waals surface area (Å²) >= 11 is 1.68. The summed E-state index contributed by atoms with van der Waals surface area (Å²) in [5.41, 5.74) is 3.63. The maximum Gasteiger partial charge on any atom is 0.131 e. The quantitative estimate of drug-likeness (QED) is 0.733. The molecule has 0 heterocycles. The fourth-order valence-corrected chi connectivity index (χ4v) is 3.40. The molecular weight excluding hydrogens is 297 g/mol. The van der Waals surface area contributed by atoms with Crippen molar-refractivity contribution in [2.75, 3.05) is 6.26 Å². The van der Waals surface area contributed by atoms with Crippen molar-refractivity contribution in [3.8, 4) is 17.6 Å². The zero-order chi connectivity index (χ0) is 15.7. The fraction of sp³-hybridized carbons (Fsp3) is 0.167. The van der Waals surface area contributed by atoms with Crippen LogP contribution in [0.15, 0.2) is 41.8 Å². The molecule has 2 aromatic rings. The van der Waals surface area contributed by atoms with Crippen LogP contribution in [0.2, 0.25) is 0 Å². The molecule has 0 saturated carbocycles. The van der Waals surface area contributed by atoms with Crippen LogP contribution >= 0.6 is 11.8 Å². The topological polar surface area (TPSA) is 33.0 Å². The molecule has 0 atom stereocenters. The van der Waals surface area contributed by atoms with Crippen molar-refractivity contribution < 1.29 is 9.13 Å². The fourth-order valence-electron chi connectivity index (χ4n) is 2.72. The molecule has 3 rings (SSSR count). The molecule has 0 aliphatic heterocycles. The van der Waals surface area contributed by atoms with Gasteiger partial charge in [-0.3, -0.25) is 0 Å². The van der Waals surface area contributed by atoms with Gasteiger partial charge in [0, 0.05) is 16.5 Å². The molecule has 4 heteroatoms. The van der Waals surface area contributed by atoms with E-state index in [0.29, 0.717) is 11.5 Å². The van der Waals surface area contributed by atoms with Gasteiger partial charge in [-0.05, 0) is 54.5 Å². The van der Waals surface area contributed by atoms with E-state index in [-0.39, 0.29) is 5.56 Å². The highest BCUT2D eigenvalue weighted by molar-refractivity contribution is 7.98. The van der Waals surface area contributed by atoms with E-state index in [0.717, 1.165) is 29.5 Å². The highest BCUT2D eigenvalue weighted by atomic mass is 32.2. The first-order valence-electron chi connectivity index (χ1n) is 6.89. The van der Waals surface area contributed by atoms with E-state index in [2.05, 4.69) is 6.58 Å². The number of thioether (sulfide) groups is 1. The van der Waals surface area contributed by atoms with E-state index in [1.54, 1.807) is 17.8 Å². The molecule has 0 amide bonds. The first-order chi connectivity index (χ1) is 10.6. The standard InChI is InChI=1S/C18H14FNOS/c1-11-3-4-15-16(5-6-17(22-2)18(11)15)21-14-8-12(10-20)7-13(19)9-14/h5-9H,1,3-4H2,2H3. The van der Waals surface area contributed by atoms with Gasteiger partial charge in [0.25, 0.3) is 0 Å². The van der Waals surface area contributed by atoms with Crippen LogP contribution in [-0.4, -0.2) is 6.26 Å². The van der Waals surface area contributed by atoms with Crippen molar-refractivity contribution in [2.45, 2.75) is 17.7 Å². The van der Waals surface area contributed by atoms with Crippen molar-refractivity contribution in [1.29, 1.82) is 5.26 Å². The van der Waals surface area contributed by atoms with Gasteiger partial charge in [0.2, 0.25) is 0 Å². The van der Waals surface area contributed by atoms with Gasteiger partial charge in [0.1, 0.15) is 17.3 Å². The molecule has 110 valence electrons. The number of fused-ring (bicyclic) bond motifs is 1. The number of halogens is 1. The summed E-state index contributed by atoms with van der Waals surface area (Å²) in [6.45, 7) is 4.12. The van der Waals surface area contributed by atoms with Crippen molar-refractivity contribution >= 4 is 17.3 Å². The first-order valence-corrected chi connectivity index (χ1v) is 8.11. The second-order valence-electron chi connectivity index (χ2n) is 5.11. The largest absolute Gasteiger partial charge is 0.457 e. The lowest BCUT2D eigenvalue weighted by molar-refractivity contribution is 0.471. The number of allylic oxidation sites excluding steroid dienone is 1. The zero-order valence-corrected chi connectivity index (χ0v) is 13.0. The van der Waals surface area contributed by atoms with Gasteiger partial charge in [-0.1, -0.05) is 6.58 Å². The minimum atomic E-state index is -0.476. The summed E-state index contributed by atoms with van der Waals surface area (Å²) in [6, 6.07) is 9.86.